The monoisotopic (exact) mass is 1080 g/mol. The maximum atomic E-state index is 2.43. The molecular weight excluding hydrogens is 1020 g/mol. The van der Waals surface area contributed by atoms with E-state index >= 15 is 0 Å². The smallest absolute Gasteiger partial charge is 0.165 e. The molecule has 4 heteroatoms. The minimum absolute atomic E-state index is 0. The van der Waals surface area contributed by atoms with Gasteiger partial charge >= 0.3 is 46.1 Å². The quantitative estimate of drug-likeness (QED) is 0.115. The topological polar surface area (TPSA) is 0 Å². The Labute approximate surface area is 508 Å². The summed E-state index contributed by atoms with van der Waals surface area (Å²) in [6.45, 7) is 13.6. The maximum Gasteiger partial charge on any atom is 2.00 e. The molecule has 0 aliphatic rings. The molecule has 0 aliphatic heterocycles. The molecule has 0 aliphatic carbocycles. The molecule has 0 nitrogen and oxygen atoms in total. The summed E-state index contributed by atoms with van der Waals surface area (Å²) < 4.78 is 0. The van der Waals surface area contributed by atoms with Crippen molar-refractivity contribution >= 4 is 139 Å². The van der Waals surface area contributed by atoms with Crippen molar-refractivity contribution in [3.05, 3.63) is 289 Å². The van der Waals surface area contributed by atoms with Gasteiger partial charge < -0.3 is 0 Å². The number of hydrogen-bond donors (Lipinski definition) is 0. The SMILES string of the molecule is C[Si](C)=Cc1cc2c(-c3cccc4ccccc34)cccc2[cH-]1.C[Si](C)=Cc1cc2c(-c3ccccc3)cccc2[cH-]1.Cc1cc2c(-c3cccc4ccccc34)cccc2[cH-]1.Cc1cc2c(-c3ccccc3)cccc2[cH-]1.[Mg+2].[Mg+2]. The second-order valence-electron chi connectivity index (χ2n) is 21.1. The third kappa shape index (κ3) is 13.0. The van der Waals surface area contributed by atoms with E-state index in [0.29, 0.717) is 0 Å². The molecule has 380 valence electrons. The molecule has 0 amide bonds. The van der Waals surface area contributed by atoms with E-state index in [2.05, 4.69) is 318 Å². The molecule has 0 saturated carbocycles. The summed E-state index contributed by atoms with van der Waals surface area (Å²) in [4.78, 5) is 0. The Morgan fingerprint density at radius 2 is 0.562 bits per heavy atom. The molecule has 14 aromatic carbocycles. The van der Waals surface area contributed by atoms with Gasteiger partial charge in [-0.25, -0.2) is 0 Å². The van der Waals surface area contributed by atoms with E-state index in [-0.39, 0.29) is 62.9 Å². The van der Waals surface area contributed by atoms with Gasteiger partial charge in [-0.1, -0.05) is 244 Å². The average molecular weight is 1080 g/mol. The predicted molar refractivity (Wildman–Crippen MR) is 361 cm³/mol. The van der Waals surface area contributed by atoms with Crippen LogP contribution in [-0.2, 0) is 0 Å². The molecule has 80 heavy (non-hydrogen) atoms. The molecule has 14 rings (SSSR count). The first-order valence-electron chi connectivity index (χ1n) is 27.2. The summed E-state index contributed by atoms with van der Waals surface area (Å²) in [6.07, 6.45) is 0. The Morgan fingerprint density at radius 3 is 0.963 bits per heavy atom. The zero-order valence-electron chi connectivity index (χ0n) is 47.0. The maximum absolute atomic E-state index is 2.43. The van der Waals surface area contributed by atoms with E-state index in [1.165, 1.54) is 131 Å². The van der Waals surface area contributed by atoms with Crippen LogP contribution in [0.4, 0.5) is 0 Å². The molecule has 0 N–H and O–H groups in total. The van der Waals surface area contributed by atoms with Crippen LogP contribution in [0.15, 0.2) is 267 Å². The Hall–Kier alpha value is -7.13. The molecule has 0 radical (unpaired) electrons. The van der Waals surface area contributed by atoms with Gasteiger partial charge in [-0.05, 0) is 60.6 Å². The first-order chi connectivity index (χ1) is 38.1. The van der Waals surface area contributed by atoms with E-state index in [9.17, 15) is 0 Å². The van der Waals surface area contributed by atoms with Gasteiger partial charge in [-0.15, -0.1) is 149 Å². The number of rotatable bonds is 6. The largest absolute Gasteiger partial charge is 2.00 e. The van der Waals surface area contributed by atoms with Crippen molar-refractivity contribution in [2.75, 3.05) is 0 Å². The third-order valence-electron chi connectivity index (χ3n) is 14.6. The Kier molecular flexibility index (Phi) is 19.0. The fourth-order valence-corrected chi connectivity index (χ4v) is 12.9. The number of fused-ring (bicyclic) bond motifs is 6. The molecule has 14 aromatic rings. The van der Waals surface area contributed by atoms with Crippen molar-refractivity contribution in [2.24, 2.45) is 0 Å². The van der Waals surface area contributed by atoms with Crippen molar-refractivity contribution in [1.29, 1.82) is 0 Å². The molecular formula is C76H64Mg2Si2. The number of hydrogen-bond acceptors (Lipinski definition) is 0. The van der Waals surface area contributed by atoms with Gasteiger partial charge in [0, 0.05) is 0 Å². The fraction of sp³-hybridized carbons (Fsp3) is 0.0789. The fourth-order valence-electron chi connectivity index (χ4n) is 11.2. The van der Waals surface area contributed by atoms with Crippen molar-refractivity contribution in [2.45, 2.75) is 40.0 Å². The van der Waals surface area contributed by atoms with Gasteiger partial charge in [-0.3, -0.25) is 0 Å². The second-order valence-corrected chi connectivity index (χ2v) is 26.0. The van der Waals surface area contributed by atoms with E-state index in [1.54, 1.807) is 0 Å². The normalized spacial score (nSPS) is 10.7. The van der Waals surface area contributed by atoms with Crippen LogP contribution >= 0.6 is 0 Å². The van der Waals surface area contributed by atoms with E-state index in [4.69, 9.17) is 0 Å². The summed E-state index contributed by atoms with van der Waals surface area (Å²) in [5, 5.41) is 16.0. The summed E-state index contributed by atoms with van der Waals surface area (Å²) >= 11 is 0. The standard InChI is InChI=1S/C22H19Si.C20H15.C18H17Si.C16H13.2Mg/c1-23(2)15-16-13-18-9-6-12-21(22(18)14-16)20-11-5-8-17-7-3-4-10-19(17)20;1-14-12-16-8-5-11-19(20(16)13-14)18-10-4-7-15-6-2-3-9-17(15)18;1-19(2)13-14-11-16-9-6-10-17(18(16)12-14)15-7-4-3-5-8-15;1-12-10-14-8-5-9-15(16(14)11-12)13-6-3-2-4-7-13;;/h3-15H,1-2H3;2-13H,1H3;3-13H,1-2H3;2-11H,1H3;;/q4*-1;2*+2. The van der Waals surface area contributed by atoms with Gasteiger partial charge in [0.05, 0.1) is 0 Å². The predicted octanol–water partition coefficient (Wildman–Crippen LogP) is 20.0. The van der Waals surface area contributed by atoms with Crippen LogP contribution in [0.2, 0.25) is 26.2 Å². The van der Waals surface area contributed by atoms with Crippen molar-refractivity contribution < 1.29 is 0 Å². The van der Waals surface area contributed by atoms with Gasteiger partial charge in [0.1, 0.15) is 0 Å². The molecule has 0 saturated heterocycles. The molecule has 0 atom stereocenters. The van der Waals surface area contributed by atoms with Gasteiger partial charge in [0.15, 0.2) is 0 Å². The molecule has 0 fully saturated rings. The third-order valence-corrected chi connectivity index (χ3v) is 16.4. The van der Waals surface area contributed by atoms with Gasteiger partial charge in [0.2, 0.25) is 0 Å². The minimum Gasteiger partial charge on any atom is -0.165 e. The van der Waals surface area contributed by atoms with Crippen molar-refractivity contribution in [3.63, 3.8) is 0 Å². The van der Waals surface area contributed by atoms with Crippen LogP contribution in [0.5, 0.6) is 0 Å². The number of benzene rings is 10. The van der Waals surface area contributed by atoms with Crippen molar-refractivity contribution in [3.8, 4) is 44.5 Å². The van der Waals surface area contributed by atoms with Crippen LogP contribution in [0.1, 0.15) is 22.3 Å². The van der Waals surface area contributed by atoms with E-state index in [1.807, 2.05) is 0 Å². The Bertz CT molecular complexity index is 4430. The van der Waals surface area contributed by atoms with Gasteiger partial charge in [0.25, 0.3) is 0 Å². The summed E-state index contributed by atoms with van der Waals surface area (Å²) in [7, 11) is -0.706. The minimum atomic E-state index is -0.370. The summed E-state index contributed by atoms with van der Waals surface area (Å²) in [5.74, 6) is 0. The Balaban J connectivity index is 0.000000129. The number of aryl methyl sites for hydroxylation is 2. The van der Waals surface area contributed by atoms with Crippen LogP contribution in [0, 0.1) is 13.8 Å². The van der Waals surface area contributed by atoms with Gasteiger partial charge in [-0.2, -0.15) is 12.1 Å². The molecule has 0 bridgehead atoms. The first kappa shape index (κ1) is 57.5. The summed E-state index contributed by atoms with van der Waals surface area (Å²) in [5.41, 5.74) is 20.8. The van der Waals surface area contributed by atoms with Crippen LogP contribution in [-0.4, -0.2) is 74.3 Å². The van der Waals surface area contributed by atoms with Crippen LogP contribution in [0.3, 0.4) is 0 Å². The summed E-state index contributed by atoms with van der Waals surface area (Å²) in [6, 6.07) is 96.2. The Morgan fingerprint density at radius 1 is 0.275 bits per heavy atom. The zero-order valence-corrected chi connectivity index (χ0v) is 51.8. The van der Waals surface area contributed by atoms with Crippen LogP contribution in [0.25, 0.3) is 109 Å². The van der Waals surface area contributed by atoms with Crippen LogP contribution < -0.4 is 0 Å². The average Bonchev–Trinajstić information content (AvgIpc) is 4.28. The van der Waals surface area contributed by atoms with E-state index in [0.717, 1.165) is 0 Å². The molecule has 0 spiro atoms. The second kappa shape index (κ2) is 26.4. The molecule has 0 heterocycles. The van der Waals surface area contributed by atoms with Crippen molar-refractivity contribution in [1.82, 2.24) is 0 Å². The first-order valence-corrected chi connectivity index (χ1v) is 32.4. The van der Waals surface area contributed by atoms with E-state index < -0.39 is 0 Å². The zero-order chi connectivity index (χ0) is 53.5. The molecule has 0 aromatic heterocycles. The molecule has 0 unspecified atom stereocenters.